The number of aromatic nitrogens is 3. The Morgan fingerprint density at radius 3 is 2.94 bits per heavy atom. The maximum atomic E-state index is 5.94. The Hall–Kier alpha value is -1.53. The van der Waals surface area contributed by atoms with E-state index in [0.717, 1.165) is 27.8 Å². The topological polar surface area (TPSA) is 73.9 Å². The molecule has 0 bridgehead atoms. The normalized spacial score (nSPS) is 14.3. The highest BCUT2D eigenvalue weighted by atomic mass is 79.9. The van der Waals surface area contributed by atoms with Gasteiger partial charge < -0.3 is 10.5 Å². The summed E-state index contributed by atoms with van der Waals surface area (Å²) in [5.41, 5.74) is 8.53. The quantitative estimate of drug-likeness (QED) is 0.871. The minimum atomic E-state index is 0.486. The van der Waals surface area contributed by atoms with Gasteiger partial charge in [0.1, 0.15) is 11.5 Å². The van der Waals surface area contributed by atoms with E-state index in [2.05, 4.69) is 30.9 Å². The third kappa shape index (κ3) is 2.09. The lowest BCUT2D eigenvalue weighted by Crippen LogP contribution is -2.16. The first kappa shape index (κ1) is 11.6. The van der Waals surface area contributed by atoms with E-state index in [9.17, 15) is 0 Å². The van der Waals surface area contributed by atoms with Crippen LogP contribution in [0.25, 0.3) is 11.5 Å². The molecule has 1 aliphatic heterocycles. The molecule has 0 fully saturated rings. The van der Waals surface area contributed by atoms with Gasteiger partial charge >= 0.3 is 0 Å². The molecule has 0 unspecified atom stereocenters. The van der Waals surface area contributed by atoms with Crippen molar-refractivity contribution in [2.75, 3.05) is 12.3 Å². The first-order chi connectivity index (χ1) is 8.74. The van der Waals surface area contributed by atoms with Gasteiger partial charge in [-0.15, -0.1) is 0 Å². The fraction of sp³-hybridized carbons (Fsp3) is 0.250. The molecular formula is C12H11BrN4O. The summed E-state index contributed by atoms with van der Waals surface area (Å²) in [5.74, 6) is 1.06. The molecule has 0 saturated carbocycles. The number of halogens is 1. The molecule has 0 saturated heterocycles. The highest BCUT2D eigenvalue weighted by Crippen LogP contribution is 2.23. The minimum absolute atomic E-state index is 0.486. The van der Waals surface area contributed by atoms with E-state index < -0.39 is 0 Å². The van der Waals surface area contributed by atoms with Crippen molar-refractivity contribution in [1.29, 1.82) is 0 Å². The zero-order valence-electron chi connectivity index (χ0n) is 9.56. The van der Waals surface area contributed by atoms with Gasteiger partial charge in [-0.05, 0) is 28.1 Å². The largest absolute Gasteiger partial charge is 0.383 e. The molecule has 2 N–H and O–H groups in total. The number of nitrogens with zero attached hydrogens (tertiary/aromatic N) is 3. The molecule has 2 aromatic heterocycles. The monoisotopic (exact) mass is 306 g/mol. The molecule has 0 atom stereocenters. The second kappa shape index (κ2) is 4.62. The lowest BCUT2D eigenvalue weighted by atomic mass is 10.1. The second-order valence-corrected chi connectivity index (χ2v) is 4.94. The molecule has 1 aliphatic rings. The number of nitrogens with two attached hydrogens (primary N) is 1. The van der Waals surface area contributed by atoms with Crippen LogP contribution in [0.4, 0.5) is 5.82 Å². The average molecular weight is 307 g/mol. The summed E-state index contributed by atoms with van der Waals surface area (Å²) < 4.78 is 6.28. The van der Waals surface area contributed by atoms with Crippen LogP contribution in [0, 0.1) is 0 Å². The molecule has 2 aromatic rings. The molecule has 3 rings (SSSR count). The molecule has 0 aromatic carbocycles. The molecule has 92 valence electrons. The third-order valence-electron chi connectivity index (χ3n) is 2.81. The van der Waals surface area contributed by atoms with Crippen LogP contribution in [0.5, 0.6) is 0 Å². The van der Waals surface area contributed by atoms with Crippen LogP contribution >= 0.6 is 15.9 Å². The van der Waals surface area contributed by atoms with E-state index in [1.54, 1.807) is 6.20 Å². The summed E-state index contributed by atoms with van der Waals surface area (Å²) >= 11 is 3.35. The first-order valence-electron chi connectivity index (χ1n) is 5.59. The van der Waals surface area contributed by atoms with Gasteiger partial charge in [0, 0.05) is 22.7 Å². The van der Waals surface area contributed by atoms with E-state index >= 15 is 0 Å². The summed E-state index contributed by atoms with van der Waals surface area (Å²) in [6.07, 6.45) is 2.49. The SMILES string of the molecule is Nc1nc(-c2ccc(Br)cn2)nc2c1COCC2. The van der Waals surface area contributed by atoms with Gasteiger partial charge in [0.15, 0.2) is 5.82 Å². The van der Waals surface area contributed by atoms with E-state index in [4.69, 9.17) is 10.5 Å². The Labute approximate surface area is 113 Å². The number of nitrogen functional groups attached to an aromatic ring is 1. The molecule has 0 radical (unpaired) electrons. The van der Waals surface area contributed by atoms with Gasteiger partial charge in [0.2, 0.25) is 0 Å². The third-order valence-corrected chi connectivity index (χ3v) is 3.28. The zero-order valence-corrected chi connectivity index (χ0v) is 11.1. The Morgan fingerprint density at radius 1 is 1.28 bits per heavy atom. The summed E-state index contributed by atoms with van der Waals surface area (Å²) in [7, 11) is 0. The predicted molar refractivity (Wildman–Crippen MR) is 70.7 cm³/mol. The molecule has 6 heteroatoms. The molecule has 18 heavy (non-hydrogen) atoms. The number of rotatable bonds is 1. The van der Waals surface area contributed by atoms with Gasteiger partial charge in [0.05, 0.1) is 18.9 Å². The van der Waals surface area contributed by atoms with Gasteiger partial charge in [0.25, 0.3) is 0 Å². The standard InChI is InChI=1S/C12H11BrN4O/c13-7-1-2-10(15-5-7)12-16-9-3-4-18-6-8(9)11(14)17-12/h1-2,5H,3-4,6H2,(H2,14,16,17). The lowest BCUT2D eigenvalue weighted by molar-refractivity contribution is 0.109. The Balaban J connectivity index is 2.08. The maximum Gasteiger partial charge on any atom is 0.180 e. The lowest BCUT2D eigenvalue weighted by Gasteiger charge is -2.17. The van der Waals surface area contributed by atoms with E-state index in [-0.39, 0.29) is 0 Å². The fourth-order valence-electron chi connectivity index (χ4n) is 1.88. The minimum Gasteiger partial charge on any atom is -0.383 e. The van der Waals surface area contributed by atoms with Crippen LogP contribution in [0.15, 0.2) is 22.8 Å². The number of ether oxygens (including phenoxy) is 1. The summed E-state index contributed by atoms with van der Waals surface area (Å²) in [6.45, 7) is 1.17. The number of pyridine rings is 1. The van der Waals surface area contributed by atoms with Crippen LogP contribution < -0.4 is 5.73 Å². The van der Waals surface area contributed by atoms with Crippen LogP contribution in [-0.4, -0.2) is 21.6 Å². The zero-order chi connectivity index (χ0) is 12.5. The van der Waals surface area contributed by atoms with Crippen molar-refractivity contribution in [3.05, 3.63) is 34.1 Å². The number of anilines is 1. The van der Waals surface area contributed by atoms with Crippen LogP contribution in [0.3, 0.4) is 0 Å². The fourth-order valence-corrected chi connectivity index (χ4v) is 2.11. The van der Waals surface area contributed by atoms with Crippen molar-refractivity contribution < 1.29 is 4.74 Å². The van der Waals surface area contributed by atoms with E-state index in [1.165, 1.54) is 0 Å². The van der Waals surface area contributed by atoms with Gasteiger partial charge in [-0.25, -0.2) is 9.97 Å². The van der Waals surface area contributed by atoms with Crippen molar-refractivity contribution in [3.8, 4) is 11.5 Å². The number of hydrogen-bond acceptors (Lipinski definition) is 5. The Kier molecular flexibility index (Phi) is 2.97. The van der Waals surface area contributed by atoms with Crippen molar-refractivity contribution in [2.24, 2.45) is 0 Å². The summed E-state index contributed by atoms with van der Waals surface area (Å²) in [5, 5.41) is 0. The number of hydrogen-bond donors (Lipinski definition) is 1. The van der Waals surface area contributed by atoms with Gasteiger partial charge in [-0.2, -0.15) is 0 Å². The first-order valence-corrected chi connectivity index (χ1v) is 6.38. The van der Waals surface area contributed by atoms with Crippen molar-refractivity contribution in [3.63, 3.8) is 0 Å². The predicted octanol–water partition coefficient (Wildman–Crippen LogP) is 1.96. The molecule has 0 amide bonds. The smallest absolute Gasteiger partial charge is 0.180 e. The van der Waals surface area contributed by atoms with Crippen molar-refractivity contribution in [2.45, 2.75) is 13.0 Å². The molecule has 3 heterocycles. The molecule has 0 spiro atoms. The highest BCUT2D eigenvalue weighted by Gasteiger charge is 2.17. The second-order valence-electron chi connectivity index (χ2n) is 4.02. The van der Waals surface area contributed by atoms with E-state index in [0.29, 0.717) is 24.9 Å². The van der Waals surface area contributed by atoms with E-state index in [1.807, 2.05) is 12.1 Å². The summed E-state index contributed by atoms with van der Waals surface area (Å²) in [6, 6.07) is 3.77. The van der Waals surface area contributed by atoms with Crippen LogP contribution in [-0.2, 0) is 17.8 Å². The highest BCUT2D eigenvalue weighted by molar-refractivity contribution is 9.10. The average Bonchev–Trinajstić information content (AvgIpc) is 2.39. The molecular weight excluding hydrogens is 296 g/mol. The molecule has 0 aliphatic carbocycles. The van der Waals surface area contributed by atoms with Crippen molar-refractivity contribution >= 4 is 21.7 Å². The molecule has 5 nitrogen and oxygen atoms in total. The Bertz CT molecular complexity index is 585. The van der Waals surface area contributed by atoms with Crippen molar-refractivity contribution in [1.82, 2.24) is 15.0 Å². The van der Waals surface area contributed by atoms with Crippen LogP contribution in [0.2, 0.25) is 0 Å². The summed E-state index contributed by atoms with van der Waals surface area (Å²) in [4.78, 5) is 13.1. The maximum absolute atomic E-state index is 5.94. The number of fused-ring (bicyclic) bond motifs is 1. The van der Waals surface area contributed by atoms with Crippen LogP contribution in [0.1, 0.15) is 11.3 Å². The Morgan fingerprint density at radius 2 is 2.17 bits per heavy atom. The van der Waals surface area contributed by atoms with Gasteiger partial charge in [-0.3, -0.25) is 4.98 Å². The van der Waals surface area contributed by atoms with Gasteiger partial charge in [-0.1, -0.05) is 0 Å².